The van der Waals surface area contributed by atoms with E-state index < -0.39 is 26.5 Å². The average Bonchev–Trinajstić information content (AvgIpc) is 2.86. The molecule has 0 rings (SSSR count). The lowest BCUT2D eigenvalue weighted by Crippen LogP contribution is -2.37. The number of esters is 1. The van der Waals surface area contributed by atoms with Crippen LogP contribution in [0.25, 0.3) is 0 Å². The van der Waals surface area contributed by atoms with E-state index in [2.05, 4.69) is 19.1 Å². The number of nitrogens with zero attached hydrogens (tertiary/aromatic N) is 1. The molecule has 0 saturated carbocycles. The molecule has 0 aromatic heterocycles. The maximum atomic E-state index is 12.0. The van der Waals surface area contributed by atoms with Gasteiger partial charge in [-0.3, -0.25) is 9.05 Å². The molecule has 0 aliphatic rings. The number of allylic oxidation sites excluding steroid dienone is 11. The molecular weight excluding hydrogens is 517 g/mol. The number of ether oxygens (including phenoxy) is 1. The molecule has 1 unspecified atom stereocenters. The van der Waals surface area contributed by atoms with Crippen molar-refractivity contribution in [3.63, 3.8) is 0 Å². The summed E-state index contributed by atoms with van der Waals surface area (Å²) in [6.45, 7) is 1.74. The van der Waals surface area contributed by atoms with E-state index >= 15 is 0 Å². The van der Waals surface area contributed by atoms with Gasteiger partial charge >= 0.3 is 13.8 Å². The number of likely N-dealkylation sites (N-methyl/N-ethyl adjacent to an activating group) is 1. The number of quaternary nitrogens is 1. The van der Waals surface area contributed by atoms with Crippen LogP contribution in [0.1, 0.15) is 58.3 Å². The maximum Gasteiger partial charge on any atom is 0.472 e. The molecular formula is C30H51NO7P+. The van der Waals surface area contributed by atoms with Crippen molar-refractivity contribution in [3.05, 3.63) is 72.9 Å². The van der Waals surface area contributed by atoms with Gasteiger partial charge in [0.05, 0.1) is 27.7 Å². The summed E-state index contributed by atoms with van der Waals surface area (Å²) in [6, 6.07) is 0. The van der Waals surface area contributed by atoms with Crippen LogP contribution in [0.15, 0.2) is 72.9 Å². The van der Waals surface area contributed by atoms with Gasteiger partial charge in [0.25, 0.3) is 0 Å². The Morgan fingerprint density at radius 1 is 0.846 bits per heavy atom. The Bertz CT molecular complexity index is 854. The quantitative estimate of drug-likeness (QED) is 0.0377. The monoisotopic (exact) mass is 568 g/mol. The van der Waals surface area contributed by atoms with Gasteiger partial charge in [0.2, 0.25) is 0 Å². The van der Waals surface area contributed by atoms with E-state index in [0.717, 1.165) is 6.42 Å². The molecule has 0 saturated heterocycles. The number of carbonyl (C=O) groups is 1. The Hall–Kier alpha value is -2.06. The fourth-order valence-corrected chi connectivity index (χ4v) is 3.91. The standard InChI is InChI=1S/C30H50NO7P/c1-5-6-7-8-9-10-11-12-13-14-15-16-17-18-19-20-21-22-23-24-30(33)36-28-29(27-32)38-39(34,35)37-26-25-31(2,3)4/h13-24,29,32H,5-12,25-28H2,1-4H3/p+1/b14-13+,16-15+,18-17+,20-19+,22-21+,24-23+/t29-/m0/s1. The van der Waals surface area contributed by atoms with E-state index in [1.807, 2.05) is 57.6 Å². The number of hydrogen-bond acceptors (Lipinski definition) is 6. The minimum Gasteiger partial charge on any atom is -0.460 e. The molecule has 39 heavy (non-hydrogen) atoms. The number of phosphoric ester groups is 1. The first-order chi connectivity index (χ1) is 18.6. The Morgan fingerprint density at radius 3 is 1.95 bits per heavy atom. The third-order valence-corrected chi connectivity index (χ3v) is 6.33. The number of rotatable bonds is 23. The van der Waals surface area contributed by atoms with Gasteiger partial charge in [-0.1, -0.05) is 112 Å². The van der Waals surface area contributed by atoms with Crippen molar-refractivity contribution in [2.45, 2.75) is 64.4 Å². The van der Waals surface area contributed by atoms with Gasteiger partial charge in [-0.2, -0.15) is 0 Å². The molecule has 2 N–H and O–H groups in total. The number of hydrogen-bond donors (Lipinski definition) is 2. The van der Waals surface area contributed by atoms with Crippen molar-refractivity contribution in [2.75, 3.05) is 47.5 Å². The SMILES string of the molecule is CCCCCCCCC/C=C/C=C/C=C/C=C/C=C/C=C/C(=O)OC[C@H](CO)OP(=O)(O)OCC[N+](C)(C)C. The summed E-state index contributed by atoms with van der Waals surface area (Å²) in [6.07, 6.45) is 31.2. The van der Waals surface area contributed by atoms with Crippen molar-refractivity contribution in [1.82, 2.24) is 0 Å². The van der Waals surface area contributed by atoms with E-state index in [-0.39, 0.29) is 13.2 Å². The van der Waals surface area contributed by atoms with Gasteiger partial charge in [0.15, 0.2) is 0 Å². The minimum absolute atomic E-state index is 0.00195. The molecule has 0 heterocycles. The molecule has 0 amide bonds. The third-order valence-electron chi connectivity index (χ3n) is 5.26. The van der Waals surface area contributed by atoms with E-state index in [0.29, 0.717) is 11.0 Å². The molecule has 0 aromatic rings. The smallest absolute Gasteiger partial charge is 0.460 e. The van der Waals surface area contributed by atoms with Crippen LogP contribution in [0.3, 0.4) is 0 Å². The first kappa shape index (κ1) is 36.9. The highest BCUT2D eigenvalue weighted by Gasteiger charge is 2.28. The van der Waals surface area contributed by atoms with Crippen molar-refractivity contribution >= 4 is 13.8 Å². The highest BCUT2D eigenvalue weighted by atomic mass is 31.2. The maximum absolute atomic E-state index is 12.0. The second-order valence-corrected chi connectivity index (χ2v) is 11.5. The number of aliphatic hydroxyl groups is 1. The zero-order valence-corrected chi connectivity index (χ0v) is 25.2. The van der Waals surface area contributed by atoms with Crippen LogP contribution in [0, 0.1) is 0 Å². The summed E-state index contributed by atoms with van der Waals surface area (Å²) in [4.78, 5) is 21.6. The normalized spacial score (nSPS) is 15.5. The lowest BCUT2D eigenvalue weighted by Gasteiger charge is -2.24. The Morgan fingerprint density at radius 2 is 1.38 bits per heavy atom. The van der Waals surface area contributed by atoms with Gasteiger partial charge in [0, 0.05) is 6.08 Å². The first-order valence-electron chi connectivity index (χ1n) is 13.8. The van der Waals surface area contributed by atoms with Gasteiger partial charge < -0.3 is 19.2 Å². The summed E-state index contributed by atoms with van der Waals surface area (Å²) >= 11 is 0. The molecule has 0 radical (unpaired) electrons. The fourth-order valence-electron chi connectivity index (χ4n) is 3.03. The Labute approximate surface area is 236 Å². The lowest BCUT2D eigenvalue weighted by atomic mass is 10.1. The highest BCUT2D eigenvalue weighted by molar-refractivity contribution is 7.47. The molecule has 0 aromatic carbocycles. The second-order valence-electron chi connectivity index (χ2n) is 10.1. The lowest BCUT2D eigenvalue weighted by molar-refractivity contribution is -0.870. The molecule has 2 atom stereocenters. The van der Waals surface area contributed by atoms with Crippen LogP contribution in [-0.4, -0.2) is 74.1 Å². The van der Waals surface area contributed by atoms with Crippen LogP contribution in [0.4, 0.5) is 0 Å². The molecule has 8 nitrogen and oxygen atoms in total. The molecule has 0 aliphatic carbocycles. The van der Waals surface area contributed by atoms with Crippen molar-refractivity contribution in [3.8, 4) is 0 Å². The largest absolute Gasteiger partial charge is 0.472 e. The van der Waals surface area contributed by atoms with E-state index in [1.165, 1.54) is 57.1 Å². The predicted molar refractivity (Wildman–Crippen MR) is 159 cm³/mol. The fraction of sp³-hybridized carbons (Fsp3) is 0.567. The van der Waals surface area contributed by atoms with Crippen LogP contribution in [-0.2, 0) is 23.1 Å². The van der Waals surface area contributed by atoms with Crippen LogP contribution >= 0.6 is 7.82 Å². The third kappa shape index (κ3) is 27.3. The summed E-state index contributed by atoms with van der Waals surface area (Å²) in [5, 5.41) is 9.35. The van der Waals surface area contributed by atoms with Crippen molar-refractivity contribution in [2.24, 2.45) is 0 Å². The van der Waals surface area contributed by atoms with Gasteiger partial charge in [-0.15, -0.1) is 0 Å². The van der Waals surface area contributed by atoms with E-state index in [1.54, 1.807) is 12.2 Å². The van der Waals surface area contributed by atoms with Gasteiger partial charge in [-0.25, -0.2) is 9.36 Å². The molecule has 0 fully saturated rings. The first-order valence-corrected chi connectivity index (χ1v) is 15.3. The van der Waals surface area contributed by atoms with Crippen molar-refractivity contribution in [1.29, 1.82) is 0 Å². The number of unbranched alkanes of at least 4 members (excludes halogenated alkanes) is 7. The van der Waals surface area contributed by atoms with Crippen molar-refractivity contribution < 1.29 is 37.6 Å². The Balaban J connectivity index is 4.09. The van der Waals surface area contributed by atoms with Gasteiger partial charge in [0.1, 0.15) is 25.9 Å². The number of carbonyl (C=O) groups excluding carboxylic acids is 1. The summed E-state index contributed by atoms with van der Waals surface area (Å²) in [5.41, 5.74) is 0. The summed E-state index contributed by atoms with van der Waals surface area (Å²) in [5.74, 6) is -0.672. The molecule has 0 spiro atoms. The molecule has 222 valence electrons. The van der Waals surface area contributed by atoms with E-state index in [4.69, 9.17) is 13.8 Å². The number of aliphatic hydroxyl groups excluding tert-OH is 1. The molecule has 0 aliphatic heterocycles. The van der Waals surface area contributed by atoms with E-state index in [9.17, 15) is 19.4 Å². The molecule has 9 heteroatoms. The van der Waals surface area contributed by atoms with Crippen LogP contribution in [0.5, 0.6) is 0 Å². The van der Waals surface area contributed by atoms with Crippen LogP contribution < -0.4 is 0 Å². The zero-order valence-electron chi connectivity index (χ0n) is 24.3. The Kier molecular flexibility index (Phi) is 22.5. The molecule has 0 bridgehead atoms. The highest BCUT2D eigenvalue weighted by Crippen LogP contribution is 2.44. The second kappa shape index (κ2) is 23.8. The topological polar surface area (TPSA) is 102 Å². The van der Waals surface area contributed by atoms with Gasteiger partial charge in [-0.05, 0) is 12.8 Å². The minimum atomic E-state index is -4.38. The van der Waals surface area contributed by atoms with Crippen LogP contribution in [0.2, 0.25) is 0 Å². The predicted octanol–water partition coefficient (Wildman–Crippen LogP) is 6.21. The summed E-state index contributed by atoms with van der Waals surface area (Å²) < 4.78 is 27.3. The summed E-state index contributed by atoms with van der Waals surface area (Å²) in [7, 11) is 1.36. The number of phosphoric acid groups is 1. The zero-order chi connectivity index (χ0) is 29.2. The average molecular weight is 569 g/mol.